The molecule has 2 aromatic rings. The number of thiophene rings is 1. The largest absolute Gasteiger partial charge is 0.337 e. The summed E-state index contributed by atoms with van der Waals surface area (Å²) in [7, 11) is -2.41. The zero-order valence-electron chi connectivity index (χ0n) is 20.6. The number of benzene rings is 1. The third-order valence-corrected chi connectivity index (χ3v) is 11.4. The molecule has 8 nitrogen and oxygen atoms in total. The van der Waals surface area contributed by atoms with Crippen LogP contribution in [0.2, 0.25) is 5.02 Å². The third-order valence-electron chi connectivity index (χ3n) is 7.72. The van der Waals surface area contributed by atoms with Crippen LogP contribution in [0, 0.1) is 0 Å². The van der Waals surface area contributed by atoms with Crippen LogP contribution < -0.4 is 0 Å². The fourth-order valence-corrected chi connectivity index (χ4v) is 8.80. The molecule has 1 aromatic heterocycles. The number of amides is 2. The van der Waals surface area contributed by atoms with Gasteiger partial charge < -0.3 is 14.7 Å². The van der Waals surface area contributed by atoms with Crippen molar-refractivity contribution in [1.29, 1.82) is 0 Å². The Labute approximate surface area is 221 Å². The molecule has 196 valence electrons. The van der Waals surface area contributed by atoms with Crippen molar-refractivity contribution in [2.75, 3.05) is 46.3 Å². The lowest BCUT2D eigenvalue weighted by molar-refractivity contribution is -0.145. The molecule has 3 saturated heterocycles. The summed E-state index contributed by atoms with van der Waals surface area (Å²) >= 11 is 7.23. The predicted octanol–water partition coefficient (Wildman–Crippen LogP) is 3.25. The average Bonchev–Trinajstić information content (AvgIpc) is 3.61. The van der Waals surface area contributed by atoms with Crippen molar-refractivity contribution in [2.45, 2.75) is 54.8 Å². The van der Waals surface area contributed by atoms with E-state index in [0.717, 1.165) is 49.1 Å². The van der Waals surface area contributed by atoms with Crippen LogP contribution in [0.5, 0.6) is 0 Å². The van der Waals surface area contributed by atoms with Gasteiger partial charge in [-0.1, -0.05) is 11.6 Å². The molecular weight excluding hydrogens is 520 g/mol. The Balaban J connectivity index is 1.26. The lowest BCUT2D eigenvalue weighted by Gasteiger charge is -2.37. The number of carbonyl (C=O) groups excluding carboxylic acids is 2. The van der Waals surface area contributed by atoms with E-state index in [9.17, 15) is 18.0 Å². The summed E-state index contributed by atoms with van der Waals surface area (Å²) in [6.45, 7) is 4.32. The molecule has 0 saturated carbocycles. The Hall–Kier alpha value is -1.72. The van der Waals surface area contributed by atoms with Gasteiger partial charge in [0.25, 0.3) is 10.0 Å². The van der Waals surface area contributed by atoms with Crippen LogP contribution in [0.4, 0.5) is 0 Å². The van der Waals surface area contributed by atoms with Crippen molar-refractivity contribution < 1.29 is 18.0 Å². The highest BCUT2D eigenvalue weighted by Crippen LogP contribution is 2.34. The maximum Gasteiger partial charge on any atom is 0.253 e. The van der Waals surface area contributed by atoms with Gasteiger partial charge >= 0.3 is 0 Å². The first-order valence-corrected chi connectivity index (χ1v) is 15.4. The van der Waals surface area contributed by atoms with Gasteiger partial charge in [0, 0.05) is 42.4 Å². The first-order chi connectivity index (χ1) is 17.2. The molecule has 4 heterocycles. The number of piperidine rings is 1. The van der Waals surface area contributed by atoms with Crippen LogP contribution in [0.3, 0.4) is 0 Å². The number of nitrogens with zero attached hydrogens (tertiary/aromatic N) is 4. The van der Waals surface area contributed by atoms with Gasteiger partial charge in [-0.3, -0.25) is 9.59 Å². The molecule has 11 heteroatoms. The van der Waals surface area contributed by atoms with Gasteiger partial charge in [0.2, 0.25) is 11.8 Å². The molecule has 0 N–H and O–H groups in total. The van der Waals surface area contributed by atoms with Crippen LogP contribution in [0.1, 0.15) is 38.5 Å². The van der Waals surface area contributed by atoms with E-state index in [1.54, 1.807) is 29.2 Å². The minimum absolute atomic E-state index is 0.0150. The summed E-state index contributed by atoms with van der Waals surface area (Å²) < 4.78 is 29.1. The summed E-state index contributed by atoms with van der Waals surface area (Å²) in [4.78, 5) is 32.6. The molecule has 2 amide bonds. The zero-order chi connectivity index (χ0) is 25.4. The summed E-state index contributed by atoms with van der Waals surface area (Å²) in [6, 6.07) is 6.27. The van der Waals surface area contributed by atoms with Crippen LogP contribution in [-0.4, -0.2) is 97.6 Å². The quantitative estimate of drug-likeness (QED) is 0.527. The van der Waals surface area contributed by atoms with Gasteiger partial charge in [0.1, 0.15) is 10.3 Å². The van der Waals surface area contributed by atoms with Crippen LogP contribution in [-0.2, 0) is 19.6 Å². The Morgan fingerprint density at radius 2 is 1.83 bits per heavy atom. The highest BCUT2D eigenvalue weighted by molar-refractivity contribution is 7.91. The topological polar surface area (TPSA) is 81.2 Å². The van der Waals surface area contributed by atoms with E-state index < -0.39 is 16.1 Å². The molecule has 3 aliphatic heterocycles. The molecule has 0 bridgehead atoms. The molecule has 2 unspecified atom stereocenters. The number of likely N-dealkylation sites (N-methyl/N-ethyl adjacent to an activating group) is 1. The fraction of sp³-hybridized carbons (Fsp3) is 0.600. The Morgan fingerprint density at radius 1 is 1.08 bits per heavy atom. The highest BCUT2D eigenvalue weighted by atomic mass is 35.5. The number of hydrogen-bond donors (Lipinski definition) is 0. The first-order valence-electron chi connectivity index (χ1n) is 12.7. The third kappa shape index (κ3) is 5.15. The molecule has 1 aromatic carbocycles. The summed E-state index contributed by atoms with van der Waals surface area (Å²) in [5, 5.41) is 1.30. The molecule has 36 heavy (non-hydrogen) atoms. The molecule has 0 aliphatic carbocycles. The van der Waals surface area contributed by atoms with Crippen molar-refractivity contribution in [1.82, 2.24) is 19.0 Å². The van der Waals surface area contributed by atoms with Gasteiger partial charge in [0.05, 0.1) is 6.54 Å². The molecule has 2 atom stereocenters. The Morgan fingerprint density at radius 3 is 2.61 bits per heavy atom. The van der Waals surface area contributed by atoms with E-state index in [1.165, 1.54) is 35.5 Å². The standard InChI is InChI=1S/C25H33ClN4O4S2/c1-27(36(33,34)24-15-18-14-19(26)8-9-22(18)35-24)21-7-5-12-29(25(21)32)17-23(31)30-13-4-6-20(30)16-28-10-2-3-11-28/h8-9,14-15,20-21H,2-7,10-13,16-17H2,1H3. The summed E-state index contributed by atoms with van der Waals surface area (Å²) in [5.74, 6) is -0.322. The SMILES string of the molecule is CN(C1CCCN(CC(=O)N2CCCC2CN2CCCC2)C1=O)S(=O)(=O)c1cc2cc(Cl)ccc2s1. The number of carbonyl (C=O) groups is 2. The monoisotopic (exact) mass is 552 g/mol. The van der Waals surface area contributed by atoms with E-state index in [2.05, 4.69) is 4.90 Å². The van der Waals surface area contributed by atoms with Crippen molar-refractivity contribution in [3.8, 4) is 0 Å². The van der Waals surface area contributed by atoms with Gasteiger partial charge in [-0.15, -0.1) is 11.3 Å². The second-order valence-electron chi connectivity index (χ2n) is 10.1. The van der Waals surface area contributed by atoms with Gasteiger partial charge in [0.15, 0.2) is 0 Å². The molecule has 0 spiro atoms. The lowest BCUT2D eigenvalue weighted by atomic mass is 10.0. The molecule has 5 rings (SSSR count). The molecular formula is C25H33ClN4O4S2. The van der Waals surface area contributed by atoms with E-state index in [4.69, 9.17) is 11.6 Å². The number of fused-ring (bicyclic) bond motifs is 1. The molecule has 3 fully saturated rings. The Bertz CT molecular complexity index is 1240. The van der Waals surface area contributed by atoms with Crippen LogP contribution in [0.25, 0.3) is 10.1 Å². The fourth-order valence-electron chi connectivity index (χ4n) is 5.71. The highest BCUT2D eigenvalue weighted by Gasteiger charge is 2.40. The molecule has 3 aliphatic rings. The van der Waals surface area contributed by atoms with Gasteiger partial charge in [-0.2, -0.15) is 4.31 Å². The van der Waals surface area contributed by atoms with Crippen molar-refractivity contribution in [3.63, 3.8) is 0 Å². The summed E-state index contributed by atoms with van der Waals surface area (Å²) in [6.07, 6.45) is 5.52. The predicted molar refractivity (Wildman–Crippen MR) is 142 cm³/mol. The second kappa shape index (κ2) is 10.6. The average molecular weight is 553 g/mol. The van der Waals surface area contributed by atoms with Crippen molar-refractivity contribution >= 4 is 54.9 Å². The van der Waals surface area contributed by atoms with Gasteiger partial charge in [-0.25, -0.2) is 8.42 Å². The first kappa shape index (κ1) is 25.9. The molecule has 0 radical (unpaired) electrons. The van der Waals surface area contributed by atoms with E-state index in [1.807, 2.05) is 4.90 Å². The van der Waals surface area contributed by atoms with Crippen molar-refractivity contribution in [2.24, 2.45) is 0 Å². The number of likely N-dealkylation sites (tertiary alicyclic amines) is 3. The maximum absolute atomic E-state index is 13.4. The number of halogens is 1. The van der Waals surface area contributed by atoms with Crippen molar-refractivity contribution in [3.05, 3.63) is 29.3 Å². The summed E-state index contributed by atoms with van der Waals surface area (Å²) in [5.41, 5.74) is 0. The number of sulfonamides is 1. The Kier molecular flexibility index (Phi) is 7.61. The van der Waals surface area contributed by atoms with Crippen LogP contribution >= 0.6 is 22.9 Å². The van der Waals surface area contributed by atoms with E-state index >= 15 is 0 Å². The number of hydrogen-bond acceptors (Lipinski definition) is 6. The van der Waals surface area contributed by atoms with Crippen LogP contribution in [0.15, 0.2) is 28.5 Å². The van der Waals surface area contributed by atoms with Gasteiger partial charge in [-0.05, 0) is 81.3 Å². The smallest absolute Gasteiger partial charge is 0.253 e. The minimum Gasteiger partial charge on any atom is -0.337 e. The lowest BCUT2D eigenvalue weighted by Crippen LogP contribution is -2.55. The minimum atomic E-state index is -3.88. The maximum atomic E-state index is 13.4. The second-order valence-corrected chi connectivity index (χ2v) is 13.8. The zero-order valence-corrected chi connectivity index (χ0v) is 23.0. The number of rotatable bonds is 7. The normalized spacial score (nSPS) is 23.9. The van der Waals surface area contributed by atoms with E-state index in [0.29, 0.717) is 24.4 Å². The van der Waals surface area contributed by atoms with E-state index in [-0.39, 0.29) is 28.6 Å².